The molecule has 2 heterocycles. The lowest BCUT2D eigenvalue weighted by Crippen LogP contribution is -2.34. The van der Waals surface area contributed by atoms with Crippen LogP contribution >= 0.6 is 0 Å². The van der Waals surface area contributed by atoms with Gasteiger partial charge in [-0.1, -0.05) is 0 Å². The molecule has 1 fully saturated rings. The van der Waals surface area contributed by atoms with Crippen LogP contribution in [0.4, 0.5) is 15.8 Å². The quantitative estimate of drug-likeness (QED) is 0.337. The smallest absolute Gasteiger partial charge is 0.316 e. The third-order valence-corrected chi connectivity index (χ3v) is 6.14. The summed E-state index contributed by atoms with van der Waals surface area (Å²) in [6.07, 6.45) is 5.96. The van der Waals surface area contributed by atoms with Crippen molar-refractivity contribution in [2.75, 3.05) is 30.8 Å². The summed E-state index contributed by atoms with van der Waals surface area (Å²) in [4.78, 5) is 21.9. The number of aromatic nitrogens is 4. The van der Waals surface area contributed by atoms with E-state index in [-0.39, 0.29) is 17.6 Å². The lowest BCUT2D eigenvalue weighted by atomic mass is 10.1. The van der Waals surface area contributed by atoms with Crippen molar-refractivity contribution in [3.63, 3.8) is 0 Å². The van der Waals surface area contributed by atoms with E-state index in [0.29, 0.717) is 34.1 Å². The molecule has 0 bridgehead atoms. The normalized spacial score (nSPS) is 14.3. The maximum absolute atomic E-state index is 14.5. The number of hydrogen-bond acceptors (Lipinski definition) is 7. The predicted molar refractivity (Wildman–Crippen MR) is 133 cm³/mol. The van der Waals surface area contributed by atoms with Crippen molar-refractivity contribution in [3.8, 4) is 6.01 Å². The number of amides is 1. The molecule has 1 aliphatic rings. The molecule has 1 aliphatic carbocycles. The Balaban J connectivity index is 1.40. The van der Waals surface area contributed by atoms with Gasteiger partial charge in [0.05, 0.1) is 18.2 Å². The van der Waals surface area contributed by atoms with Crippen LogP contribution in [0.5, 0.6) is 6.01 Å². The van der Waals surface area contributed by atoms with E-state index in [1.807, 2.05) is 6.07 Å². The monoisotopic (exact) mass is 477 g/mol. The molecule has 182 valence electrons. The first-order valence-electron chi connectivity index (χ1n) is 11.7. The molecule has 10 heteroatoms. The van der Waals surface area contributed by atoms with Crippen LogP contribution in [0.1, 0.15) is 30.1 Å². The first kappa shape index (κ1) is 23.0. The topological polar surface area (TPSA) is 106 Å². The fraction of sp³-hybridized carbons (Fsp3) is 0.360. The van der Waals surface area contributed by atoms with Gasteiger partial charge in [-0.25, -0.2) is 9.37 Å². The Morgan fingerprint density at radius 3 is 2.89 bits per heavy atom. The number of ether oxygens (including phenoxy) is 1. The zero-order chi connectivity index (χ0) is 24.5. The predicted octanol–water partition coefficient (Wildman–Crippen LogP) is 3.72. The molecule has 0 aliphatic heterocycles. The molecule has 2 aromatic heterocycles. The number of anilines is 2. The van der Waals surface area contributed by atoms with Crippen LogP contribution in [0.2, 0.25) is 0 Å². The number of carbonyl (C=O) groups excluding carboxylic acids is 1. The van der Waals surface area contributed by atoms with E-state index in [0.717, 1.165) is 18.2 Å². The highest BCUT2D eigenvalue weighted by Crippen LogP contribution is 2.29. The summed E-state index contributed by atoms with van der Waals surface area (Å²) in [6, 6.07) is 6.93. The molecular formula is C25H28FN7O2. The van der Waals surface area contributed by atoms with E-state index in [2.05, 4.69) is 37.9 Å². The third kappa shape index (κ3) is 5.02. The molecule has 0 spiro atoms. The van der Waals surface area contributed by atoms with Crippen molar-refractivity contribution in [3.05, 3.63) is 48.0 Å². The molecule has 1 amide bonds. The van der Waals surface area contributed by atoms with Crippen LogP contribution in [-0.2, 0) is 7.05 Å². The second-order valence-corrected chi connectivity index (χ2v) is 9.07. The maximum Gasteiger partial charge on any atom is 0.316 e. The molecule has 4 aromatic rings. The summed E-state index contributed by atoms with van der Waals surface area (Å²) < 4.78 is 21.2. The van der Waals surface area contributed by atoms with E-state index in [9.17, 15) is 9.18 Å². The molecular weight excluding hydrogens is 449 g/mol. The number of fused-ring (bicyclic) bond motifs is 2. The highest BCUT2D eigenvalue weighted by molar-refractivity contribution is 6.14. The molecule has 1 saturated carbocycles. The first-order chi connectivity index (χ1) is 16.9. The largest absolute Gasteiger partial charge is 0.467 e. The summed E-state index contributed by atoms with van der Waals surface area (Å²) in [5.74, 6) is -0.107. The molecule has 2 aromatic carbocycles. The van der Waals surface area contributed by atoms with Gasteiger partial charge < -0.3 is 20.7 Å². The summed E-state index contributed by atoms with van der Waals surface area (Å²) in [7, 11) is 3.19. The van der Waals surface area contributed by atoms with Gasteiger partial charge >= 0.3 is 6.01 Å². The standard InChI is InChI=1S/C25H28FN7O2/c1-14(27-11-15-4-5-15)10-28-21-7-6-18(23-19(21)12-29-25(31-23)35-3)24(34)30-17-8-16-13-33(2)32-22(16)20(26)9-17/h6-9,12-15,27-28H,4-5,10-11H2,1-3H3,(H,30,34)/t14-/m0/s1. The van der Waals surface area contributed by atoms with Gasteiger partial charge in [-0.3, -0.25) is 9.48 Å². The van der Waals surface area contributed by atoms with Crippen molar-refractivity contribution in [2.24, 2.45) is 13.0 Å². The number of carbonyl (C=O) groups is 1. The second kappa shape index (κ2) is 9.46. The number of aryl methyl sites for hydroxylation is 1. The Labute approximate surface area is 202 Å². The summed E-state index contributed by atoms with van der Waals surface area (Å²) in [5, 5.41) is 15.2. The number of nitrogens with one attached hydrogen (secondary N) is 3. The lowest BCUT2D eigenvalue weighted by molar-refractivity contribution is 0.102. The fourth-order valence-electron chi connectivity index (χ4n) is 4.05. The van der Waals surface area contributed by atoms with Crippen LogP contribution in [0.15, 0.2) is 36.7 Å². The maximum atomic E-state index is 14.5. The van der Waals surface area contributed by atoms with Crippen LogP contribution < -0.4 is 20.7 Å². The summed E-state index contributed by atoms with van der Waals surface area (Å²) in [6.45, 7) is 3.88. The van der Waals surface area contributed by atoms with E-state index in [1.165, 1.54) is 30.7 Å². The Bertz CT molecular complexity index is 1400. The molecule has 35 heavy (non-hydrogen) atoms. The van der Waals surface area contributed by atoms with Gasteiger partial charge in [0, 0.05) is 54.2 Å². The van der Waals surface area contributed by atoms with Crippen molar-refractivity contribution in [1.82, 2.24) is 25.1 Å². The number of benzene rings is 2. The first-order valence-corrected chi connectivity index (χ1v) is 11.7. The fourth-order valence-corrected chi connectivity index (χ4v) is 4.05. The number of halogens is 1. The van der Waals surface area contributed by atoms with Crippen molar-refractivity contribution >= 4 is 39.1 Å². The molecule has 0 radical (unpaired) electrons. The third-order valence-electron chi connectivity index (χ3n) is 6.14. The Morgan fingerprint density at radius 1 is 1.29 bits per heavy atom. The van der Waals surface area contributed by atoms with Gasteiger partial charge in [-0.15, -0.1) is 0 Å². The SMILES string of the molecule is COc1ncc2c(NC[C@H](C)NCC3CC3)ccc(C(=O)Nc3cc(F)c4nn(C)cc4c3)c2n1. The Hall–Kier alpha value is -3.79. The van der Waals surface area contributed by atoms with Crippen LogP contribution in [0.3, 0.4) is 0 Å². The number of methoxy groups -OCH3 is 1. The minimum atomic E-state index is -0.504. The molecule has 3 N–H and O–H groups in total. The Kier molecular flexibility index (Phi) is 6.21. The molecule has 9 nitrogen and oxygen atoms in total. The van der Waals surface area contributed by atoms with Gasteiger partial charge in [0.25, 0.3) is 5.91 Å². The zero-order valence-electron chi connectivity index (χ0n) is 19.9. The van der Waals surface area contributed by atoms with Gasteiger partial charge in [0.15, 0.2) is 5.82 Å². The van der Waals surface area contributed by atoms with Crippen LogP contribution in [0.25, 0.3) is 21.8 Å². The average molecular weight is 478 g/mol. The second-order valence-electron chi connectivity index (χ2n) is 9.07. The minimum absolute atomic E-state index is 0.158. The van der Waals surface area contributed by atoms with E-state index in [4.69, 9.17) is 4.74 Å². The van der Waals surface area contributed by atoms with Crippen molar-refractivity contribution in [2.45, 2.75) is 25.8 Å². The van der Waals surface area contributed by atoms with E-state index >= 15 is 0 Å². The van der Waals surface area contributed by atoms with E-state index < -0.39 is 11.7 Å². The van der Waals surface area contributed by atoms with E-state index in [1.54, 1.807) is 31.6 Å². The number of hydrogen-bond donors (Lipinski definition) is 3. The van der Waals surface area contributed by atoms with Gasteiger partial charge in [0.1, 0.15) is 5.52 Å². The zero-order valence-corrected chi connectivity index (χ0v) is 19.9. The van der Waals surface area contributed by atoms with Crippen LogP contribution in [0, 0.1) is 11.7 Å². The average Bonchev–Trinajstić information content (AvgIpc) is 3.60. The van der Waals surface area contributed by atoms with Gasteiger partial charge in [-0.05, 0) is 56.5 Å². The molecule has 1 atom stereocenters. The summed E-state index contributed by atoms with van der Waals surface area (Å²) in [5.41, 5.74) is 2.19. The molecule has 0 unspecified atom stereocenters. The van der Waals surface area contributed by atoms with Crippen molar-refractivity contribution < 1.29 is 13.9 Å². The Morgan fingerprint density at radius 2 is 2.11 bits per heavy atom. The van der Waals surface area contributed by atoms with Crippen molar-refractivity contribution in [1.29, 1.82) is 0 Å². The van der Waals surface area contributed by atoms with Gasteiger partial charge in [-0.2, -0.15) is 10.1 Å². The lowest BCUT2D eigenvalue weighted by Gasteiger charge is -2.17. The highest BCUT2D eigenvalue weighted by Gasteiger charge is 2.21. The summed E-state index contributed by atoms with van der Waals surface area (Å²) >= 11 is 0. The van der Waals surface area contributed by atoms with Gasteiger partial charge in [0.2, 0.25) is 0 Å². The number of nitrogens with zero attached hydrogens (tertiary/aromatic N) is 4. The molecule has 0 saturated heterocycles. The number of rotatable bonds is 9. The minimum Gasteiger partial charge on any atom is -0.467 e. The van der Waals surface area contributed by atoms with Crippen LogP contribution in [-0.4, -0.2) is 51.9 Å². The molecule has 5 rings (SSSR count). The highest BCUT2D eigenvalue weighted by atomic mass is 19.1.